The zero-order valence-corrected chi connectivity index (χ0v) is 11.1. The highest BCUT2D eigenvalue weighted by molar-refractivity contribution is 5.86. The summed E-state index contributed by atoms with van der Waals surface area (Å²) in [5.41, 5.74) is -0.552. The van der Waals surface area contributed by atoms with Crippen molar-refractivity contribution in [2.45, 2.75) is 51.9 Å². The molecule has 1 heterocycles. The molecule has 1 unspecified atom stereocenters. The molecule has 0 radical (unpaired) electrons. The molecule has 1 saturated heterocycles. The predicted octanol–water partition coefficient (Wildman–Crippen LogP) is 1.60. The van der Waals surface area contributed by atoms with Gasteiger partial charge in [-0.05, 0) is 27.7 Å². The fourth-order valence-corrected chi connectivity index (χ4v) is 1.88. The average molecular weight is 243 g/mol. The van der Waals surface area contributed by atoms with E-state index in [1.807, 2.05) is 0 Å². The normalized spacial score (nSPS) is 24.9. The lowest BCUT2D eigenvalue weighted by atomic mass is 10.1. The van der Waals surface area contributed by atoms with Crippen LogP contribution in [0.5, 0.6) is 0 Å². The molecule has 98 valence electrons. The quantitative estimate of drug-likeness (QED) is 0.739. The lowest BCUT2D eigenvalue weighted by Crippen LogP contribution is -2.42. The number of ketones is 1. The van der Waals surface area contributed by atoms with E-state index in [-0.39, 0.29) is 11.9 Å². The van der Waals surface area contributed by atoms with E-state index < -0.39 is 17.7 Å². The van der Waals surface area contributed by atoms with Gasteiger partial charge in [-0.15, -0.1) is 0 Å². The van der Waals surface area contributed by atoms with Gasteiger partial charge in [0.1, 0.15) is 5.60 Å². The summed E-state index contributed by atoms with van der Waals surface area (Å²) in [6.07, 6.45) is 0.0131. The van der Waals surface area contributed by atoms with E-state index in [4.69, 9.17) is 9.47 Å². The van der Waals surface area contributed by atoms with E-state index in [0.717, 1.165) is 0 Å². The Bertz CT molecular complexity index is 308. The number of amides is 1. The maximum absolute atomic E-state index is 11.9. The number of nitrogens with zero attached hydrogens (tertiary/aromatic N) is 1. The average Bonchev–Trinajstić information content (AvgIpc) is 2.58. The van der Waals surface area contributed by atoms with Crippen molar-refractivity contribution in [3.63, 3.8) is 0 Å². The van der Waals surface area contributed by atoms with Gasteiger partial charge in [-0.2, -0.15) is 0 Å². The van der Waals surface area contributed by atoms with E-state index in [1.165, 1.54) is 11.8 Å². The van der Waals surface area contributed by atoms with Crippen LogP contribution in [0.4, 0.5) is 4.79 Å². The Kier molecular flexibility index (Phi) is 4.14. The summed E-state index contributed by atoms with van der Waals surface area (Å²) in [6, 6.07) is -0.421. The molecule has 0 N–H and O–H groups in total. The fourth-order valence-electron chi connectivity index (χ4n) is 1.88. The Hall–Kier alpha value is -1.10. The fraction of sp³-hybridized carbons (Fsp3) is 0.833. The molecule has 0 spiro atoms. The van der Waals surface area contributed by atoms with Crippen LogP contribution in [0.2, 0.25) is 0 Å². The van der Waals surface area contributed by atoms with Crippen LogP contribution in [-0.2, 0) is 14.3 Å². The molecule has 0 aliphatic carbocycles. The highest BCUT2D eigenvalue weighted by Crippen LogP contribution is 2.23. The van der Waals surface area contributed by atoms with Crippen molar-refractivity contribution < 1.29 is 19.1 Å². The Morgan fingerprint density at radius 3 is 2.29 bits per heavy atom. The molecule has 0 aromatic carbocycles. The zero-order chi connectivity index (χ0) is 13.2. The van der Waals surface area contributed by atoms with Gasteiger partial charge in [-0.25, -0.2) is 4.79 Å². The van der Waals surface area contributed by atoms with Crippen LogP contribution in [0.15, 0.2) is 0 Å². The van der Waals surface area contributed by atoms with E-state index in [9.17, 15) is 9.59 Å². The number of Topliss-reactive ketones (excluding diaryl/α,β-unsaturated/α-hetero) is 1. The van der Waals surface area contributed by atoms with Crippen LogP contribution in [-0.4, -0.2) is 48.2 Å². The number of hydrogen-bond acceptors (Lipinski definition) is 4. The van der Waals surface area contributed by atoms with Gasteiger partial charge in [-0.3, -0.25) is 9.69 Å². The smallest absolute Gasteiger partial charge is 0.410 e. The number of hydrogen-bond donors (Lipinski definition) is 0. The monoisotopic (exact) mass is 243 g/mol. The Morgan fingerprint density at radius 2 is 1.88 bits per heavy atom. The molecular formula is C12H21NO4. The highest BCUT2D eigenvalue weighted by Gasteiger charge is 2.39. The summed E-state index contributed by atoms with van der Waals surface area (Å²) < 4.78 is 10.5. The van der Waals surface area contributed by atoms with Gasteiger partial charge in [-0.1, -0.05) is 0 Å². The van der Waals surface area contributed by atoms with Crippen LogP contribution in [0.25, 0.3) is 0 Å². The van der Waals surface area contributed by atoms with Crippen molar-refractivity contribution in [3.8, 4) is 0 Å². The van der Waals surface area contributed by atoms with Crippen molar-refractivity contribution in [2.24, 2.45) is 0 Å². The molecule has 1 aliphatic heterocycles. The number of methoxy groups -OCH3 is 1. The second kappa shape index (κ2) is 5.04. The van der Waals surface area contributed by atoms with Gasteiger partial charge in [0.25, 0.3) is 0 Å². The molecule has 0 bridgehead atoms. The molecule has 5 nitrogen and oxygen atoms in total. The third-order valence-corrected chi connectivity index (χ3v) is 2.69. The number of ether oxygens (including phenoxy) is 2. The van der Waals surface area contributed by atoms with Crippen LogP contribution < -0.4 is 0 Å². The van der Waals surface area contributed by atoms with Gasteiger partial charge in [0.2, 0.25) is 0 Å². The first-order chi connectivity index (χ1) is 7.74. The first-order valence-electron chi connectivity index (χ1n) is 5.77. The lowest BCUT2D eigenvalue weighted by molar-refractivity contribution is -0.121. The van der Waals surface area contributed by atoms with Crippen LogP contribution in [0, 0.1) is 0 Å². The molecular weight excluding hydrogens is 222 g/mol. The Labute approximate surface area is 102 Å². The number of carbonyl (C=O) groups is 2. The van der Waals surface area contributed by atoms with E-state index in [1.54, 1.807) is 27.9 Å². The Morgan fingerprint density at radius 1 is 1.29 bits per heavy atom. The highest BCUT2D eigenvalue weighted by atomic mass is 16.6. The minimum Gasteiger partial charge on any atom is -0.444 e. The van der Waals surface area contributed by atoms with Crippen LogP contribution in [0.1, 0.15) is 34.1 Å². The van der Waals surface area contributed by atoms with Crippen molar-refractivity contribution in [1.29, 1.82) is 0 Å². The molecule has 0 saturated carbocycles. The second-order valence-corrected chi connectivity index (χ2v) is 5.35. The van der Waals surface area contributed by atoms with Crippen molar-refractivity contribution in [2.75, 3.05) is 13.7 Å². The third-order valence-electron chi connectivity index (χ3n) is 2.69. The minimum atomic E-state index is -0.552. The Balaban J connectivity index is 2.73. The topological polar surface area (TPSA) is 55.8 Å². The first-order valence-corrected chi connectivity index (χ1v) is 5.77. The third kappa shape index (κ3) is 3.70. The molecule has 1 rings (SSSR count). The van der Waals surface area contributed by atoms with Gasteiger partial charge >= 0.3 is 6.09 Å². The summed E-state index contributed by atoms with van der Waals surface area (Å²) in [6.45, 7) is 7.31. The summed E-state index contributed by atoms with van der Waals surface area (Å²) in [5.74, 6) is -0.0320. The summed E-state index contributed by atoms with van der Waals surface area (Å²) >= 11 is 0. The molecule has 5 heteroatoms. The van der Waals surface area contributed by atoms with Gasteiger partial charge in [0, 0.05) is 13.5 Å². The van der Waals surface area contributed by atoms with Gasteiger partial charge < -0.3 is 9.47 Å². The molecule has 2 atom stereocenters. The first kappa shape index (κ1) is 14.0. The predicted molar refractivity (Wildman–Crippen MR) is 62.8 cm³/mol. The zero-order valence-electron chi connectivity index (χ0n) is 11.1. The maximum Gasteiger partial charge on any atom is 0.410 e. The summed E-state index contributed by atoms with van der Waals surface area (Å²) in [5, 5.41) is 0. The van der Waals surface area contributed by atoms with Crippen molar-refractivity contribution >= 4 is 11.9 Å². The van der Waals surface area contributed by atoms with Crippen LogP contribution >= 0.6 is 0 Å². The molecule has 1 fully saturated rings. The lowest BCUT2D eigenvalue weighted by Gasteiger charge is -2.27. The standard InChI is InChI=1S/C12H21NO4/c1-8(14)10-6-9(16-5)7-13(10)11(15)17-12(2,3)4/h9-10H,6-7H2,1-5H3/t9?,10-/m0/s1. The van der Waals surface area contributed by atoms with Crippen LogP contribution in [0.3, 0.4) is 0 Å². The molecule has 0 aromatic heterocycles. The molecule has 0 aromatic rings. The maximum atomic E-state index is 11.9. The second-order valence-electron chi connectivity index (χ2n) is 5.35. The molecule has 1 aliphatic rings. The number of carbonyl (C=O) groups excluding carboxylic acids is 2. The van der Waals surface area contributed by atoms with Gasteiger partial charge in [0.05, 0.1) is 18.7 Å². The van der Waals surface area contributed by atoms with Gasteiger partial charge in [0.15, 0.2) is 5.78 Å². The van der Waals surface area contributed by atoms with Crippen molar-refractivity contribution in [1.82, 2.24) is 4.90 Å². The van der Waals surface area contributed by atoms with E-state index in [2.05, 4.69) is 0 Å². The molecule has 17 heavy (non-hydrogen) atoms. The molecule has 1 amide bonds. The summed E-state index contributed by atoms with van der Waals surface area (Å²) in [7, 11) is 1.58. The van der Waals surface area contributed by atoms with E-state index >= 15 is 0 Å². The number of likely N-dealkylation sites (tertiary alicyclic amines) is 1. The minimum absolute atomic E-state index is 0.0320. The van der Waals surface area contributed by atoms with E-state index in [0.29, 0.717) is 13.0 Å². The summed E-state index contributed by atoms with van der Waals surface area (Å²) in [4.78, 5) is 24.9. The largest absolute Gasteiger partial charge is 0.444 e. The SMILES string of the molecule is COC1C[C@@H](C(C)=O)N(C(=O)OC(C)(C)C)C1. The van der Waals surface area contributed by atoms with Crippen molar-refractivity contribution in [3.05, 3.63) is 0 Å². The number of rotatable bonds is 2.